The summed E-state index contributed by atoms with van der Waals surface area (Å²) in [5.41, 5.74) is -0.674. The molecule has 0 radical (unpaired) electrons. The summed E-state index contributed by atoms with van der Waals surface area (Å²) in [4.78, 5) is 10.4. The summed E-state index contributed by atoms with van der Waals surface area (Å²) >= 11 is 6.10. The Balaban J connectivity index is 2.26. The van der Waals surface area contributed by atoms with E-state index in [1.165, 1.54) is 0 Å². The first-order valence-corrected chi connectivity index (χ1v) is 6.07. The maximum atomic E-state index is 10.1. The number of β-amino-alcohol motifs (C(OH)–C–C–N with tert-alkyl or cyclic N) is 1. The molecule has 0 amide bonds. The number of aliphatic hydroxyl groups is 1. The van der Waals surface area contributed by atoms with Gasteiger partial charge >= 0.3 is 0 Å². The molecule has 0 aliphatic carbocycles. The average Bonchev–Trinajstić information content (AvgIpc) is 2.28. The Morgan fingerprint density at radius 2 is 2.35 bits per heavy atom. The second kappa shape index (κ2) is 4.66. The molecule has 94 valence electrons. The van der Waals surface area contributed by atoms with E-state index in [9.17, 15) is 5.11 Å². The first kappa shape index (κ1) is 12.4. The first-order valence-electron chi connectivity index (χ1n) is 5.69. The molecule has 1 aliphatic heterocycles. The van der Waals surface area contributed by atoms with Crippen molar-refractivity contribution >= 4 is 23.4 Å². The van der Waals surface area contributed by atoms with Crippen LogP contribution in [0.15, 0.2) is 6.20 Å². The molecule has 1 atom stereocenters. The van der Waals surface area contributed by atoms with Crippen molar-refractivity contribution in [1.82, 2.24) is 9.97 Å². The number of halogens is 1. The summed E-state index contributed by atoms with van der Waals surface area (Å²) in [6.45, 7) is 3.25. The predicted octanol–water partition coefficient (Wildman–Crippen LogP) is 1.52. The van der Waals surface area contributed by atoms with Crippen molar-refractivity contribution in [2.24, 2.45) is 0 Å². The Morgan fingerprint density at radius 1 is 1.59 bits per heavy atom. The van der Waals surface area contributed by atoms with Crippen LogP contribution in [0.3, 0.4) is 0 Å². The van der Waals surface area contributed by atoms with E-state index in [0.717, 1.165) is 19.4 Å². The number of anilines is 2. The lowest BCUT2D eigenvalue weighted by Crippen LogP contribution is -2.46. The highest BCUT2D eigenvalue weighted by Crippen LogP contribution is 2.29. The third-order valence-corrected chi connectivity index (χ3v) is 3.19. The molecule has 17 heavy (non-hydrogen) atoms. The molecule has 2 N–H and O–H groups in total. The highest BCUT2D eigenvalue weighted by Gasteiger charge is 2.30. The minimum atomic E-state index is -0.674. The van der Waals surface area contributed by atoms with Crippen molar-refractivity contribution in [3.05, 3.63) is 11.2 Å². The van der Waals surface area contributed by atoms with Crippen molar-refractivity contribution in [3.8, 4) is 0 Å². The maximum absolute atomic E-state index is 10.1. The number of aromatic nitrogens is 2. The zero-order chi connectivity index (χ0) is 12.5. The molecule has 6 heteroatoms. The highest BCUT2D eigenvalue weighted by atomic mass is 35.5. The van der Waals surface area contributed by atoms with Crippen LogP contribution in [-0.2, 0) is 0 Å². The normalized spacial score (nSPS) is 24.8. The molecular formula is C11H17ClN4O. The lowest BCUT2D eigenvalue weighted by molar-refractivity contribution is 0.0447. The van der Waals surface area contributed by atoms with E-state index in [1.54, 1.807) is 13.2 Å². The molecule has 1 aromatic heterocycles. The fourth-order valence-corrected chi connectivity index (χ4v) is 2.31. The smallest absolute Gasteiger partial charge is 0.224 e. The minimum absolute atomic E-state index is 0.515. The monoisotopic (exact) mass is 256 g/mol. The van der Waals surface area contributed by atoms with Gasteiger partial charge in [-0.3, -0.25) is 0 Å². The summed E-state index contributed by atoms with van der Waals surface area (Å²) in [5.74, 6) is 1.22. The number of hydrogen-bond acceptors (Lipinski definition) is 5. The third-order valence-electron chi connectivity index (χ3n) is 2.92. The van der Waals surface area contributed by atoms with Crippen molar-refractivity contribution in [3.63, 3.8) is 0 Å². The summed E-state index contributed by atoms with van der Waals surface area (Å²) in [6, 6.07) is 0. The topological polar surface area (TPSA) is 61.3 Å². The van der Waals surface area contributed by atoms with E-state index in [4.69, 9.17) is 11.6 Å². The van der Waals surface area contributed by atoms with E-state index in [0.29, 0.717) is 23.3 Å². The molecule has 2 heterocycles. The van der Waals surface area contributed by atoms with Gasteiger partial charge in [0.25, 0.3) is 0 Å². The molecular weight excluding hydrogens is 240 g/mol. The van der Waals surface area contributed by atoms with Crippen LogP contribution < -0.4 is 10.2 Å². The molecule has 1 unspecified atom stereocenters. The summed E-state index contributed by atoms with van der Waals surface area (Å²) in [7, 11) is 1.76. The Bertz CT molecular complexity index is 410. The molecule has 0 aromatic carbocycles. The lowest BCUT2D eigenvalue weighted by Gasteiger charge is -2.37. The molecule has 0 spiro atoms. The fraction of sp³-hybridized carbons (Fsp3) is 0.636. The largest absolute Gasteiger partial charge is 0.388 e. The molecule has 1 aliphatic rings. The van der Waals surface area contributed by atoms with E-state index in [-0.39, 0.29) is 0 Å². The highest BCUT2D eigenvalue weighted by molar-refractivity contribution is 6.32. The van der Waals surface area contributed by atoms with Crippen LogP contribution in [0, 0.1) is 0 Å². The fourth-order valence-electron chi connectivity index (χ4n) is 2.10. The molecule has 1 fully saturated rings. The van der Waals surface area contributed by atoms with Gasteiger partial charge < -0.3 is 15.3 Å². The molecule has 1 aromatic rings. The van der Waals surface area contributed by atoms with E-state index in [1.807, 2.05) is 11.8 Å². The average molecular weight is 257 g/mol. The third kappa shape index (κ3) is 2.79. The molecule has 0 bridgehead atoms. The second-order valence-corrected chi connectivity index (χ2v) is 5.04. The second-order valence-electron chi connectivity index (χ2n) is 4.64. The molecule has 2 rings (SSSR count). The first-order chi connectivity index (χ1) is 8.02. The van der Waals surface area contributed by atoms with Gasteiger partial charge in [-0.2, -0.15) is 4.98 Å². The summed E-state index contributed by atoms with van der Waals surface area (Å²) < 4.78 is 0. The molecule has 0 saturated carbocycles. The minimum Gasteiger partial charge on any atom is -0.388 e. The van der Waals surface area contributed by atoms with Gasteiger partial charge in [-0.15, -0.1) is 0 Å². The zero-order valence-corrected chi connectivity index (χ0v) is 10.8. The number of hydrogen-bond donors (Lipinski definition) is 2. The van der Waals surface area contributed by atoms with Gasteiger partial charge in [0.05, 0.1) is 11.8 Å². The number of nitrogens with zero attached hydrogens (tertiary/aromatic N) is 3. The number of nitrogens with one attached hydrogen (secondary N) is 1. The number of piperidine rings is 1. The summed E-state index contributed by atoms with van der Waals surface area (Å²) in [6.07, 6.45) is 3.33. The predicted molar refractivity (Wildman–Crippen MR) is 68.7 cm³/mol. The van der Waals surface area contributed by atoms with Crippen LogP contribution >= 0.6 is 11.6 Å². The zero-order valence-electron chi connectivity index (χ0n) is 10.1. The van der Waals surface area contributed by atoms with Gasteiger partial charge in [0.2, 0.25) is 5.95 Å². The van der Waals surface area contributed by atoms with Crippen LogP contribution in [-0.4, -0.2) is 40.8 Å². The Morgan fingerprint density at radius 3 is 3.00 bits per heavy atom. The quantitative estimate of drug-likeness (QED) is 0.840. The summed E-state index contributed by atoms with van der Waals surface area (Å²) in [5, 5.41) is 13.5. The Hall–Kier alpha value is -1.07. The van der Waals surface area contributed by atoms with E-state index in [2.05, 4.69) is 15.3 Å². The van der Waals surface area contributed by atoms with Crippen molar-refractivity contribution in [1.29, 1.82) is 0 Å². The van der Waals surface area contributed by atoms with Gasteiger partial charge in [0.1, 0.15) is 5.02 Å². The van der Waals surface area contributed by atoms with Crippen LogP contribution in [0.5, 0.6) is 0 Å². The van der Waals surface area contributed by atoms with Gasteiger partial charge in [-0.05, 0) is 19.8 Å². The van der Waals surface area contributed by atoms with Gasteiger partial charge in [-0.1, -0.05) is 11.6 Å². The van der Waals surface area contributed by atoms with E-state index < -0.39 is 5.60 Å². The van der Waals surface area contributed by atoms with Crippen LogP contribution in [0.2, 0.25) is 5.02 Å². The van der Waals surface area contributed by atoms with Crippen LogP contribution in [0.1, 0.15) is 19.8 Å². The van der Waals surface area contributed by atoms with Crippen molar-refractivity contribution in [2.75, 3.05) is 30.4 Å². The van der Waals surface area contributed by atoms with Gasteiger partial charge in [-0.25, -0.2) is 4.98 Å². The van der Waals surface area contributed by atoms with Crippen molar-refractivity contribution in [2.45, 2.75) is 25.4 Å². The molecule has 5 nitrogen and oxygen atoms in total. The lowest BCUT2D eigenvalue weighted by atomic mass is 9.95. The van der Waals surface area contributed by atoms with Crippen molar-refractivity contribution < 1.29 is 5.11 Å². The number of rotatable bonds is 2. The standard InChI is InChI=1S/C11H17ClN4O/c1-11(17)4-3-5-16(7-11)9-8(12)6-14-10(13-2)15-9/h6,17H,3-5,7H2,1-2H3,(H,13,14,15). The van der Waals surface area contributed by atoms with Gasteiger partial charge in [0, 0.05) is 20.1 Å². The van der Waals surface area contributed by atoms with Gasteiger partial charge in [0.15, 0.2) is 5.82 Å². The van der Waals surface area contributed by atoms with Crippen LogP contribution in [0.25, 0.3) is 0 Å². The Labute approximate surface area is 106 Å². The Kier molecular flexibility index (Phi) is 3.40. The van der Waals surface area contributed by atoms with Crippen LogP contribution in [0.4, 0.5) is 11.8 Å². The molecule has 1 saturated heterocycles. The SMILES string of the molecule is CNc1ncc(Cl)c(N2CCCC(C)(O)C2)n1. The maximum Gasteiger partial charge on any atom is 0.224 e. The van der Waals surface area contributed by atoms with E-state index >= 15 is 0 Å².